The van der Waals surface area contributed by atoms with Crippen LogP contribution in [0.15, 0.2) is 279 Å². The summed E-state index contributed by atoms with van der Waals surface area (Å²) >= 11 is 0. The van der Waals surface area contributed by atoms with Crippen LogP contribution in [-0.4, -0.2) is 18.3 Å². The lowest BCUT2D eigenvalue weighted by Gasteiger charge is -2.15. The Kier molecular flexibility index (Phi) is 9.30. The number of benzene rings is 12. The molecule has 0 fully saturated rings. The Morgan fingerprint density at radius 1 is 0.145 bits per heavy atom. The highest BCUT2D eigenvalue weighted by atomic mass is 15.0. The van der Waals surface area contributed by atoms with Gasteiger partial charge in [-0.25, -0.2) is 0 Å². The van der Waals surface area contributed by atoms with E-state index in [1.54, 1.807) is 0 Å². The Hall–Kier alpha value is -10.2. The largest absolute Gasteiger partial charge is 0.309 e. The zero-order valence-corrected chi connectivity index (χ0v) is 41.3. The van der Waals surface area contributed by atoms with Gasteiger partial charge < -0.3 is 18.3 Å². The Morgan fingerprint density at radius 3 is 0.842 bits per heavy atom. The van der Waals surface area contributed by atoms with Gasteiger partial charge in [-0.1, -0.05) is 164 Å². The number of aromatic nitrogens is 4. The number of hydrogen-bond acceptors (Lipinski definition) is 0. The van der Waals surface area contributed by atoms with Gasteiger partial charge in [0.15, 0.2) is 0 Å². The second kappa shape index (κ2) is 16.7. The van der Waals surface area contributed by atoms with Gasteiger partial charge in [-0.3, -0.25) is 0 Å². The quantitative estimate of drug-likeness (QED) is 0.152. The van der Waals surface area contributed by atoms with Gasteiger partial charge >= 0.3 is 0 Å². The summed E-state index contributed by atoms with van der Waals surface area (Å²) in [5.74, 6) is 0. The Labute approximate surface area is 438 Å². The second-order valence-corrected chi connectivity index (χ2v) is 20.1. The van der Waals surface area contributed by atoms with Crippen molar-refractivity contribution >= 4 is 87.2 Å². The van der Waals surface area contributed by atoms with Crippen LogP contribution in [0.1, 0.15) is 0 Å². The maximum atomic E-state index is 2.45. The van der Waals surface area contributed by atoms with Crippen molar-refractivity contribution in [3.8, 4) is 56.1 Å². The fourth-order valence-corrected chi connectivity index (χ4v) is 12.6. The van der Waals surface area contributed by atoms with Gasteiger partial charge in [0.2, 0.25) is 0 Å². The van der Waals surface area contributed by atoms with Crippen LogP contribution in [0.5, 0.6) is 0 Å². The molecule has 4 aromatic heterocycles. The van der Waals surface area contributed by atoms with E-state index in [4.69, 9.17) is 0 Å². The van der Waals surface area contributed by atoms with Crippen molar-refractivity contribution in [3.05, 3.63) is 279 Å². The molecule has 0 bridgehead atoms. The first-order chi connectivity index (χ1) is 37.7. The predicted octanol–water partition coefficient (Wildman–Crippen LogP) is 19.1. The molecule has 16 rings (SSSR count). The molecule has 0 aliphatic rings. The maximum Gasteiger partial charge on any atom is 0.0541 e. The van der Waals surface area contributed by atoms with Crippen molar-refractivity contribution in [2.24, 2.45) is 0 Å². The molecule has 0 unspecified atom stereocenters. The van der Waals surface area contributed by atoms with Gasteiger partial charge in [-0.15, -0.1) is 0 Å². The molecule has 12 aromatic carbocycles. The monoisotopic (exact) mass is 966 g/mol. The van der Waals surface area contributed by atoms with Crippen LogP contribution in [0.25, 0.3) is 143 Å². The molecule has 0 saturated heterocycles. The molecular formula is C72H46N4. The molecule has 0 aliphatic carbocycles. The van der Waals surface area contributed by atoms with E-state index in [1.807, 2.05) is 0 Å². The average Bonchev–Trinajstić information content (AvgIpc) is 4.30. The van der Waals surface area contributed by atoms with Crippen molar-refractivity contribution < 1.29 is 0 Å². The summed E-state index contributed by atoms with van der Waals surface area (Å²) in [4.78, 5) is 0. The van der Waals surface area contributed by atoms with Crippen LogP contribution in [0.2, 0.25) is 0 Å². The van der Waals surface area contributed by atoms with Crippen LogP contribution in [0.4, 0.5) is 0 Å². The van der Waals surface area contributed by atoms with Crippen molar-refractivity contribution in [3.63, 3.8) is 0 Å². The highest BCUT2D eigenvalue weighted by molar-refractivity contribution is 6.13. The fourth-order valence-electron chi connectivity index (χ4n) is 12.6. The van der Waals surface area contributed by atoms with E-state index in [0.717, 1.165) is 45.0 Å². The first-order valence-corrected chi connectivity index (χ1v) is 26.2. The van der Waals surface area contributed by atoms with Gasteiger partial charge in [0.05, 0.1) is 44.1 Å². The summed E-state index contributed by atoms with van der Waals surface area (Å²) in [6.45, 7) is 0. The summed E-state index contributed by atoms with van der Waals surface area (Å²) in [6.07, 6.45) is 0. The lowest BCUT2D eigenvalue weighted by molar-refractivity contribution is 1.17. The molecule has 354 valence electrons. The van der Waals surface area contributed by atoms with Gasteiger partial charge in [0, 0.05) is 65.8 Å². The van der Waals surface area contributed by atoms with E-state index < -0.39 is 0 Å². The van der Waals surface area contributed by atoms with E-state index in [0.29, 0.717) is 0 Å². The molecule has 76 heavy (non-hydrogen) atoms. The maximum absolute atomic E-state index is 2.45. The summed E-state index contributed by atoms with van der Waals surface area (Å²) in [6, 6.07) is 103. The third-order valence-corrected chi connectivity index (χ3v) is 15.9. The molecule has 0 N–H and O–H groups in total. The number of nitrogens with zero attached hydrogens (tertiary/aromatic N) is 4. The lowest BCUT2D eigenvalue weighted by atomic mass is 9.96. The van der Waals surface area contributed by atoms with Gasteiger partial charge in [0.1, 0.15) is 0 Å². The molecule has 16 aromatic rings. The van der Waals surface area contributed by atoms with E-state index in [2.05, 4.69) is 297 Å². The molecule has 4 heteroatoms. The third kappa shape index (κ3) is 6.44. The van der Waals surface area contributed by atoms with Crippen molar-refractivity contribution in [2.45, 2.75) is 0 Å². The standard InChI is InChI=1S/C72H46N4/c1-2-20-53(21-3-1)73-69-34-14-8-28-61(69)63-45-49(36-38-71(63)73)47-18-16-22-54(41-47)75-70-35-15-9-29-62(70)64-46-50(37-39-72(64)75)52-40-51(43-56(44-52)76-67-32-12-6-26-59(67)60-27-7-13-33-68(60)76)48-19-17-23-55(42-48)74-65-30-10-4-24-57(65)58-25-5-11-31-66(58)74/h1-46H. The molecule has 0 radical (unpaired) electrons. The molecule has 0 spiro atoms. The first-order valence-electron chi connectivity index (χ1n) is 26.2. The highest BCUT2D eigenvalue weighted by Crippen LogP contribution is 2.42. The van der Waals surface area contributed by atoms with Crippen LogP contribution in [-0.2, 0) is 0 Å². The van der Waals surface area contributed by atoms with Crippen molar-refractivity contribution in [1.82, 2.24) is 18.3 Å². The molecular weight excluding hydrogens is 921 g/mol. The minimum atomic E-state index is 1.12. The minimum Gasteiger partial charge on any atom is -0.309 e. The molecule has 0 atom stereocenters. The summed E-state index contributed by atoms with van der Waals surface area (Å²) < 4.78 is 9.68. The number of para-hydroxylation sites is 7. The van der Waals surface area contributed by atoms with E-state index in [1.165, 1.54) is 98.4 Å². The van der Waals surface area contributed by atoms with E-state index in [-0.39, 0.29) is 0 Å². The zero-order chi connectivity index (χ0) is 49.8. The second-order valence-electron chi connectivity index (χ2n) is 20.1. The highest BCUT2D eigenvalue weighted by Gasteiger charge is 2.20. The fraction of sp³-hybridized carbons (Fsp3) is 0. The smallest absolute Gasteiger partial charge is 0.0541 e. The van der Waals surface area contributed by atoms with E-state index in [9.17, 15) is 0 Å². The summed E-state index contributed by atoms with van der Waals surface area (Å²) in [5, 5.41) is 9.92. The van der Waals surface area contributed by atoms with Crippen LogP contribution in [0, 0.1) is 0 Å². The Bertz CT molecular complexity index is 4900. The summed E-state index contributed by atoms with van der Waals surface area (Å²) in [7, 11) is 0. The number of hydrogen-bond donors (Lipinski definition) is 0. The first kappa shape index (κ1) is 42.4. The predicted molar refractivity (Wildman–Crippen MR) is 320 cm³/mol. The Morgan fingerprint density at radius 2 is 0.421 bits per heavy atom. The van der Waals surface area contributed by atoms with Crippen LogP contribution in [0.3, 0.4) is 0 Å². The third-order valence-electron chi connectivity index (χ3n) is 15.9. The lowest BCUT2D eigenvalue weighted by Crippen LogP contribution is -1.97. The molecule has 0 aliphatic heterocycles. The topological polar surface area (TPSA) is 19.7 Å². The molecule has 0 saturated carbocycles. The normalized spacial score (nSPS) is 11.9. The number of rotatable bonds is 7. The molecule has 4 nitrogen and oxygen atoms in total. The van der Waals surface area contributed by atoms with E-state index >= 15 is 0 Å². The summed E-state index contributed by atoms with van der Waals surface area (Å²) in [5.41, 5.74) is 21.0. The van der Waals surface area contributed by atoms with Crippen LogP contribution >= 0.6 is 0 Å². The van der Waals surface area contributed by atoms with Gasteiger partial charge in [0.25, 0.3) is 0 Å². The minimum absolute atomic E-state index is 1.12. The average molecular weight is 967 g/mol. The van der Waals surface area contributed by atoms with Gasteiger partial charge in [-0.05, 0) is 149 Å². The Balaban J connectivity index is 0.860. The van der Waals surface area contributed by atoms with Crippen molar-refractivity contribution in [2.75, 3.05) is 0 Å². The van der Waals surface area contributed by atoms with Gasteiger partial charge in [-0.2, -0.15) is 0 Å². The molecule has 0 amide bonds. The number of fused-ring (bicyclic) bond motifs is 12. The zero-order valence-electron chi connectivity index (χ0n) is 41.3. The van der Waals surface area contributed by atoms with Crippen LogP contribution < -0.4 is 0 Å². The van der Waals surface area contributed by atoms with Crippen molar-refractivity contribution in [1.29, 1.82) is 0 Å². The SMILES string of the molecule is c1ccc(-n2c3ccccc3c3cc(-c4cccc(-n5c6ccccc6c6cc(-c7cc(-c8cccc(-n9c%10ccccc%10c%10ccccc%109)c8)cc(-n8c9ccccc9c9ccccc98)c7)ccc65)c4)ccc32)cc1. The molecule has 4 heterocycles.